The molecule has 0 atom stereocenters. The lowest BCUT2D eigenvalue weighted by Gasteiger charge is -1.88. The maximum absolute atomic E-state index is 8.70. The van der Waals surface area contributed by atoms with Crippen LogP contribution in [0.5, 0.6) is 0 Å². The predicted octanol–water partition coefficient (Wildman–Crippen LogP) is 0.758. The molecule has 0 aliphatic carbocycles. The van der Waals surface area contributed by atoms with E-state index in [0.717, 1.165) is 11.1 Å². The minimum atomic E-state index is 0.0873. The lowest BCUT2D eigenvalue weighted by Crippen LogP contribution is -1.90. The van der Waals surface area contributed by atoms with Gasteiger partial charge in [0.15, 0.2) is 5.58 Å². The van der Waals surface area contributed by atoms with Crippen LogP contribution >= 0.6 is 0 Å². The minimum absolute atomic E-state index is 0.0873. The Labute approximate surface area is 68.8 Å². The highest BCUT2D eigenvalue weighted by Crippen LogP contribution is 2.16. The van der Waals surface area contributed by atoms with E-state index >= 15 is 0 Å². The number of hydrogen-bond acceptors (Lipinski definition) is 4. The molecule has 0 aliphatic rings. The number of aliphatic hydroxyl groups is 1. The summed E-state index contributed by atoms with van der Waals surface area (Å²) < 4.78 is 4.98. The van der Waals surface area contributed by atoms with Crippen LogP contribution in [0.25, 0.3) is 11.0 Å². The Bertz CT molecular complexity index is 383. The first-order chi connectivity index (χ1) is 5.92. The SMILES string of the molecule is OCCc1noc2cnccc12. The molecule has 0 fully saturated rings. The lowest BCUT2D eigenvalue weighted by atomic mass is 10.2. The van der Waals surface area contributed by atoms with Gasteiger partial charge in [-0.3, -0.25) is 4.98 Å². The van der Waals surface area contributed by atoms with Gasteiger partial charge < -0.3 is 9.63 Å². The monoisotopic (exact) mass is 164 g/mol. The summed E-state index contributed by atoms with van der Waals surface area (Å²) in [6, 6.07) is 1.83. The van der Waals surface area contributed by atoms with Gasteiger partial charge >= 0.3 is 0 Å². The molecule has 2 aromatic heterocycles. The molecule has 62 valence electrons. The molecule has 0 saturated heterocycles. The third kappa shape index (κ3) is 1.06. The smallest absolute Gasteiger partial charge is 0.185 e. The van der Waals surface area contributed by atoms with Gasteiger partial charge in [-0.1, -0.05) is 5.16 Å². The molecule has 2 aromatic rings. The summed E-state index contributed by atoms with van der Waals surface area (Å²) in [5, 5.41) is 13.4. The molecular weight excluding hydrogens is 156 g/mol. The third-order valence-electron chi connectivity index (χ3n) is 1.70. The van der Waals surface area contributed by atoms with E-state index in [1.165, 1.54) is 0 Å². The summed E-state index contributed by atoms with van der Waals surface area (Å²) in [5.41, 5.74) is 1.45. The van der Waals surface area contributed by atoms with Gasteiger partial charge in [-0.05, 0) is 6.07 Å². The number of aromatic nitrogens is 2. The summed E-state index contributed by atoms with van der Waals surface area (Å²) in [4.78, 5) is 3.89. The molecular formula is C8H8N2O2. The maximum atomic E-state index is 8.70. The second-order valence-electron chi connectivity index (χ2n) is 2.47. The van der Waals surface area contributed by atoms with Crippen molar-refractivity contribution in [3.8, 4) is 0 Å². The zero-order valence-corrected chi connectivity index (χ0v) is 6.40. The van der Waals surface area contributed by atoms with E-state index in [9.17, 15) is 0 Å². The summed E-state index contributed by atoms with van der Waals surface area (Å²) >= 11 is 0. The van der Waals surface area contributed by atoms with Gasteiger partial charge in [0, 0.05) is 24.6 Å². The van der Waals surface area contributed by atoms with Gasteiger partial charge in [-0.25, -0.2) is 0 Å². The van der Waals surface area contributed by atoms with Crippen LogP contribution < -0.4 is 0 Å². The van der Waals surface area contributed by atoms with Crippen LogP contribution in [0.3, 0.4) is 0 Å². The highest BCUT2D eigenvalue weighted by molar-refractivity contribution is 5.78. The first-order valence-corrected chi connectivity index (χ1v) is 3.71. The minimum Gasteiger partial charge on any atom is -0.396 e. The fourth-order valence-electron chi connectivity index (χ4n) is 1.13. The zero-order chi connectivity index (χ0) is 8.39. The van der Waals surface area contributed by atoms with Crippen LogP contribution in [0.4, 0.5) is 0 Å². The van der Waals surface area contributed by atoms with Crippen molar-refractivity contribution in [3.05, 3.63) is 24.2 Å². The van der Waals surface area contributed by atoms with Crippen LogP contribution in [0.2, 0.25) is 0 Å². The van der Waals surface area contributed by atoms with E-state index in [4.69, 9.17) is 9.63 Å². The Kier molecular flexibility index (Phi) is 1.75. The van der Waals surface area contributed by atoms with Crippen LogP contribution in [-0.2, 0) is 6.42 Å². The summed E-state index contributed by atoms with van der Waals surface area (Å²) in [6.07, 6.45) is 3.82. The molecule has 0 aromatic carbocycles. The van der Waals surface area contributed by atoms with E-state index in [-0.39, 0.29) is 6.61 Å². The molecule has 4 nitrogen and oxygen atoms in total. The van der Waals surface area contributed by atoms with Crippen molar-refractivity contribution in [3.63, 3.8) is 0 Å². The highest BCUT2D eigenvalue weighted by Gasteiger charge is 2.05. The molecule has 0 spiro atoms. The van der Waals surface area contributed by atoms with Crippen molar-refractivity contribution in [2.24, 2.45) is 0 Å². The summed E-state index contributed by atoms with van der Waals surface area (Å²) in [7, 11) is 0. The van der Waals surface area contributed by atoms with E-state index < -0.39 is 0 Å². The zero-order valence-electron chi connectivity index (χ0n) is 6.40. The van der Waals surface area contributed by atoms with Crippen molar-refractivity contribution >= 4 is 11.0 Å². The van der Waals surface area contributed by atoms with Crippen LogP contribution in [0.15, 0.2) is 23.0 Å². The lowest BCUT2D eigenvalue weighted by molar-refractivity contribution is 0.295. The first-order valence-electron chi connectivity index (χ1n) is 3.71. The molecule has 0 unspecified atom stereocenters. The molecule has 0 saturated carbocycles. The van der Waals surface area contributed by atoms with Crippen molar-refractivity contribution in [2.75, 3.05) is 6.61 Å². The Morgan fingerprint density at radius 3 is 3.25 bits per heavy atom. The van der Waals surface area contributed by atoms with Gasteiger partial charge in [0.2, 0.25) is 0 Å². The average Bonchev–Trinajstić information content (AvgIpc) is 2.50. The Hall–Kier alpha value is -1.42. The van der Waals surface area contributed by atoms with Crippen LogP contribution in [0.1, 0.15) is 5.69 Å². The predicted molar refractivity (Wildman–Crippen MR) is 42.6 cm³/mol. The Balaban J connectivity index is 2.55. The second kappa shape index (κ2) is 2.91. The van der Waals surface area contributed by atoms with Crippen LogP contribution in [-0.4, -0.2) is 21.9 Å². The van der Waals surface area contributed by atoms with Gasteiger partial charge in [-0.15, -0.1) is 0 Å². The normalized spacial score (nSPS) is 10.8. The molecule has 0 aliphatic heterocycles. The molecule has 2 rings (SSSR count). The topological polar surface area (TPSA) is 59.2 Å². The maximum Gasteiger partial charge on any atom is 0.185 e. The summed E-state index contributed by atoms with van der Waals surface area (Å²) in [5.74, 6) is 0. The number of hydrogen-bond donors (Lipinski definition) is 1. The number of rotatable bonds is 2. The number of fused-ring (bicyclic) bond motifs is 1. The van der Waals surface area contributed by atoms with Gasteiger partial charge in [0.1, 0.15) is 0 Å². The summed E-state index contributed by atoms with van der Waals surface area (Å²) in [6.45, 7) is 0.0873. The average molecular weight is 164 g/mol. The second-order valence-corrected chi connectivity index (χ2v) is 2.47. The van der Waals surface area contributed by atoms with E-state index in [2.05, 4.69) is 10.1 Å². The fraction of sp³-hybridized carbons (Fsp3) is 0.250. The first kappa shape index (κ1) is 7.24. The Morgan fingerprint density at radius 1 is 1.50 bits per heavy atom. The van der Waals surface area contributed by atoms with E-state index in [0.29, 0.717) is 12.0 Å². The van der Waals surface area contributed by atoms with Gasteiger partial charge in [0.05, 0.1) is 11.9 Å². The van der Waals surface area contributed by atoms with E-state index in [1.807, 2.05) is 6.07 Å². The van der Waals surface area contributed by atoms with Crippen LogP contribution in [0, 0.1) is 0 Å². The van der Waals surface area contributed by atoms with Crippen molar-refractivity contribution < 1.29 is 9.63 Å². The third-order valence-corrected chi connectivity index (χ3v) is 1.70. The standard InChI is InChI=1S/C8H8N2O2/c11-4-2-7-6-1-3-9-5-8(6)12-10-7/h1,3,5,11H,2,4H2. The fourth-order valence-corrected chi connectivity index (χ4v) is 1.13. The number of nitrogens with zero attached hydrogens (tertiary/aromatic N) is 2. The van der Waals surface area contributed by atoms with Crippen molar-refractivity contribution in [2.45, 2.75) is 6.42 Å². The number of pyridine rings is 1. The molecule has 12 heavy (non-hydrogen) atoms. The number of aliphatic hydroxyl groups excluding tert-OH is 1. The molecule has 4 heteroatoms. The highest BCUT2D eigenvalue weighted by atomic mass is 16.5. The largest absolute Gasteiger partial charge is 0.396 e. The molecule has 1 N–H and O–H groups in total. The van der Waals surface area contributed by atoms with Crippen molar-refractivity contribution in [1.82, 2.24) is 10.1 Å². The Morgan fingerprint density at radius 2 is 2.42 bits per heavy atom. The molecule has 0 amide bonds. The van der Waals surface area contributed by atoms with Gasteiger partial charge in [-0.2, -0.15) is 0 Å². The quantitative estimate of drug-likeness (QED) is 0.711. The van der Waals surface area contributed by atoms with Gasteiger partial charge in [0.25, 0.3) is 0 Å². The molecule has 0 radical (unpaired) electrons. The van der Waals surface area contributed by atoms with E-state index in [1.54, 1.807) is 12.4 Å². The van der Waals surface area contributed by atoms with Crippen molar-refractivity contribution in [1.29, 1.82) is 0 Å². The molecule has 0 bridgehead atoms. The molecule has 2 heterocycles.